The molecule has 1 unspecified atom stereocenters. The molecule has 2 rings (SSSR count). The van der Waals surface area contributed by atoms with Gasteiger partial charge in [0, 0.05) is 23.7 Å². The Balaban J connectivity index is 2.31. The summed E-state index contributed by atoms with van der Waals surface area (Å²) in [6.07, 6.45) is 3.24. The highest BCUT2D eigenvalue weighted by atomic mass is 79.9. The van der Waals surface area contributed by atoms with E-state index in [1.807, 2.05) is 0 Å². The minimum Gasteiger partial charge on any atom is -0.396 e. The number of nitrogens with zero attached hydrogens (tertiary/aromatic N) is 1. The lowest BCUT2D eigenvalue weighted by atomic mass is 10.0. The first kappa shape index (κ1) is 15.0. The number of halogens is 1. The summed E-state index contributed by atoms with van der Waals surface area (Å²) in [5.41, 5.74) is 0. The number of piperidine rings is 1. The highest BCUT2D eigenvalue weighted by Gasteiger charge is 2.33. The van der Waals surface area contributed by atoms with Crippen molar-refractivity contribution >= 4 is 26.0 Å². The largest absolute Gasteiger partial charge is 0.396 e. The molecule has 1 aliphatic heterocycles. The Kier molecular flexibility index (Phi) is 5.00. The molecule has 0 spiro atoms. The Morgan fingerprint density at radius 3 is 2.84 bits per heavy atom. The summed E-state index contributed by atoms with van der Waals surface area (Å²) in [5, 5.41) is 9.09. The van der Waals surface area contributed by atoms with Crippen molar-refractivity contribution in [2.45, 2.75) is 36.6 Å². The summed E-state index contributed by atoms with van der Waals surface area (Å²) in [4.78, 5) is 0.312. The first-order valence-electron chi connectivity index (χ1n) is 6.44. The molecule has 1 aromatic carbocycles. The lowest BCUT2D eigenvalue weighted by molar-refractivity contribution is 0.192. The zero-order valence-corrected chi connectivity index (χ0v) is 13.0. The van der Waals surface area contributed by atoms with Gasteiger partial charge in [-0.05, 0) is 37.5 Å². The molecule has 0 amide bonds. The van der Waals surface area contributed by atoms with Crippen molar-refractivity contribution in [3.05, 3.63) is 28.7 Å². The second-order valence-corrected chi connectivity index (χ2v) is 7.54. The molecule has 1 saturated heterocycles. The number of rotatable bonds is 4. The minimum atomic E-state index is -3.46. The molecule has 4 nitrogen and oxygen atoms in total. The summed E-state index contributed by atoms with van der Waals surface area (Å²) >= 11 is 3.30. The normalized spacial score (nSPS) is 21.5. The maximum Gasteiger partial charge on any atom is 0.243 e. The molecule has 1 aromatic rings. The van der Waals surface area contributed by atoms with Gasteiger partial charge in [-0.1, -0.05) is 28.4 Å². The van der Waals surface area contributed by atoms with E-state index in [2.05, 4.69) is 15.9 Å². The van der Waals surface area contributed by atoms with Crippen molar-refractivity contribution in [1.82, 2.24) is 4.31 Å². The van der Waals surface area contributed by atoms with Crippen molar-refractivity contribution in [2.75, 3.05) is 13.2 Å². The van der Waals surface area contributed by atoms with Crippen molar-refractivity contribution in [2.24, 2.45) is 0 Å². The van der Waals surface area contributed by atoms with Crippen molar-refractivity contribution < 1.29 is 13.5 Å². The van der Waals surface area contributed by atoms with E-state index in [-0.39, 0.29) is 12.6 Å². The first-order chi connectivity index (χ1) is 9.05. The van der Waals surface area contributed by atoms with E-state index < -0.39 is 10.0 Å². The average molecular weight is 348 g/mol. The summed E-state index contributed by atoms with van der Waals surface area (Å²) < 4.78 is 27.6. The quantitative estimate of drug-likeness (QED) is 0.909. The van der Waals surface area contributed by atoms with Gasteiger partial charge in [0.1, 0.15) is 0 Å². The van der Waals surface area contributed by atoms with Gasteiger partial charge in [0.05, 0.1) is 4.90 Å². The van der Waals surface area contributed by atoms with E-state index in [9.17, 15) is 8.42 Å². The molecule has 0 radical (unpaired) electrons. The summed E-state index contributed by atoms with van der Waals surface area (Å²) in [6, 6.07) is 6.69. The fraction of sp³-hybridized carbons (Fsp3) is 0.538. The molecule has 0 aromatic heterocycles. The molecular formula is C13H18BrNO3S. The topological polar surface area (TPSA) is 57.6 Å². The van der Waals surface area contributed by atoms with Gasteiger partial charge in [0.25, 0.3) is 0 Å². The monoisotopic (exact) mass is 347 g/mol. The van der Waals surface area contributed by atoms with Gasteiger partial charge in [-0.15, -0.1) is 0 Å². The number of aliphatic hydroxyl groups excluding tert-OH is 1. The summed E-state index contributed by atoms with van der Waals surface area (Å²) in [6.45, 7) is 0.564. The molecule has 1 fully saturated rings. The lowest BCUT2D eigenvalue weighted by Crippen LogP contribution is -2.44. The fourth-order valence-electron chi connectivity index (χ4n) is 2.49. The second-order valence-electron chi connectivity index (χ2n) is 4.74. The molecule has 0 aliphatic carbocycles. The van der Waals surface area contributed by atoms with E-state index in [4.69, 9.17) is 5.11 Å². The second kappa shape index (κ2) is 6.35. The zero-order valence-electron chi connectivity index (χ0n) is 10.6. The minimum absolute atomic E-state index is 0.0230. The number of benzene rings is 1. The van der Waals surface area contributed by atoms with Crippen LogP contribution < -0.4 is 0 Å². The highest BCUT2D eigenvalue weighted by molar-refractivity contribution is 9.10. The van der Waals surface area contributed by atoms with Gasteiger partial charge in [-0.3, -0.25) is 0 Å². The van der Waals surface area contributed by atoms with Crippen molar-refractivity contribution in [1.29, 1.82) is 0 Å². The number of sulfonamides is 1. The van der Waals surface area contributed by atoms with Crippen molar-refractivity contribution in [3.63, 3.8) is 0 Å². The summed E-state index contributed by atoms with van der Waals surface area (Å²) in [7, 11) is -3.46. The average Bonchev–Trinajstić information content (AvgIpc) is 2.39. The maximum absolute atomic E-state index is 12.6. The van der Waals surface area contributed by atoms with E-state index in [0.29, 0.717) is 17.9 Å². The highest BCUT2D eigenvalue weighted by Crippen LogP contribution is 2.28. The fourth-order valence-corrected chi connectivity index (χ4v) is 4.81. The Labute approximate surface area is 122 Å². The molecule has 0 saturated carbocycles. The third-order valence-electron chi connectivity index (χ3n) is 3.44. The van der Waals surface area contributed by atoms with Crippen LogP contribution in [-0.4, -0.2) is 37.0 Å². The number of aliphatic hydroxyl groups is 1. The van der Waals surface area contributed by atoms with E-state index in [1.54, 1.807) is 28.6 Å². The van der Waals surface area contributed by atoms with Gasteiger partial charge in [0.15, 0.2) is 0 Å². The predicted octanol–water partition coefficient (Wildman–Crippen LogP) is 2.37. The number of hydrogen-bond acceptors (Lipinski definition) is 3. The Hall–Kier alpha value is -0.430. The third kappa shape index (κ3) is 3.37. The van der Waals surface area contributed by atoms with Gasteiger partial charge in [0.2, 0.25) is 10.0 Å². The van der Waals surface area contributed by atoms with Crippen molar-refractivity contribution in [3.8, 4) is 0 Å². The smallest absolute Gasteiger partial charge is 0.243 e. The van der Waals surface area contributed by atoms with Crippen LogP contribution in [0.1, 0.15) is 25.7 Å². The molecule has 1 aliphatic rings. The van der Waals surface area contributed by atoms with E-state index >= 15 is 0 Å². The van der Waals surface area contributed by atoms with Gasteiger partial charge >= 0.3 is 0 Å². The van der Waals surface area contributed by atoms with E-state index in [0.717, 1.165) is 23.7 Å². The summed E-state index contributed by atoms with van der Waals surface area (Å²) in [5.74, 6) is 0. The Bertz CT molecular complexity index is 530. The standard InChI is InChI=1S/C13H18BrNO3S/c14-11-4-3-6-13(10-11)19(17,18)15-8-2-1-5-12(15)7-9-16/h3-4,6,10,12,16H,1-2,5,7-9H2. The van der Waals surface area contributed by atoms with Gasteiger partial charge in [-0.2, -0.15) is 4.31 Å². The van der Waals surface area contributed by atoms with Crippen LogP contribution in [0, 0.1) is 0 Å². The zero-order chi connectivity index (χ0) is 13.9. The Morgan fingerprint density at radius 1 is 1.37 bits per heavy atom. The SMILES string of the molecule is O=S(=O)(c1cccc(Br)c1)N1CCCCC1CCO. The van der Waals surface area contributed by atoms with Crippen LogP contribution in [0.5, 0.6) is 0 Å². The molecule has 1 heterocycles. The third-order valence-corrected chi connectivity index (χ3v) is 5.88. The van der Waals surface area contributed by atoms with Crippen LogP contribution in [0.2, 0.25) is 0 Å². The van der Waals surface area contributed by atoms with Crippen LogP contribution in [-0.2, 0) is 10.0 Å². The number of hydrogen-bond donors (Lipinski definition) is 1. The van der Waals surface area contributed by atoms with Crippen LogP contribution >= 0.6 is 15.9 Å². The molecule has 106 valence electrons. The van der Waals surface area contributed by atoms with E-state index in [1.165, 1.54) is 0 Å². The molecule has 19 heavy (non-hydrogen) atoms. The molecular weight excluding hydrogens is 330 g/mol. The molecule has 0 bridgehead atoms. The maximum atomic E-state index is 12.6. The van der Waals surface area contributed by atoms with Crippen LogP contribution in [0.25, 0.3) is 0 Å². The van der Waals surface area contributed by atoms with Gasteiger partial charge < -0.3 is 5.11 Å². The lowest BCUT2D eigenvalue weighted by Gasteiger charge is -2.34. The van der Waals surface area contributed by atoms with Gasteiger partial charge in [-0.25, -0.2) is 8.42 Å². The van der Waals surface area contributed by atoms with Crippen LogP contribution in [0.15, 0.2) is 33.6 Å². The van der Waals surface area contributed by atoms with Crippen LogP contribution in [0.3, 0.4) is 0 Å². The van der Waals surface area contributed by atoms with Crippen LogP contribution in [0.4, 0.5) is 0 Å². The first-order valence-corrected chi connectivity index (χ1v) is 8.67. The predicted molar refractivity (Wildman–Crippen MR) is 77.4 cm³/mol. The Morgan fingerprint density at radius 2 is 2.16 bits per heavy atom. The molecule has 6 heteroatoms. The molecule has 1 atom stereocenters. The molecule has 1 N–H and O–H groups in total.